The third kappa shape index (κ3) is 5.25. The van der Waals surface area contributed by atoms with Gasteiger partial charge in [-0.05, 0) is 63.1 Å². The Morgan fingerprint density at radius 3 is 1.96 bits per heavy atom. The molecule has 2 aromatic carbocycles. The van der Waals surface area contributed by atoms with E-state index in [1.807, 2.05) is 38.1 Å². The number of rotatable bonds is 8. The van der Waals surface area contributed by atoms with Crippen molar-refractivity contribution in [2.24, 2.45) is 11.6 Å². The first-order valence-corrected chi connectivity index (χ1v) is 10.4. The van der Waals surface area contributed by atoms with E-state index >= 15 is 0 Å². The molecule has 0 saturated carbocycles. The van der Waals surface area contributed by atoms with Crippen LogP contribution in [-0.4, -0.2) is 20.1 Å². The van der Waals surface area contributed by atoms with Crippen LogP contribution in [0.15, 0.2) is 65.3 Å². The van der Waals surface area contributed by atoms with Gasteiger partial charge in [0.25, 0.3) is 0 Å². The molecule has 0 amide bonds. The molecule has 0 saturated heterocycles. The molecule has 0 radical (unpaired) electrons. The molecule has 0 bridgehead atoms. The Hall–Kier alpha value is -2.55. The summed E-state index contributed by atoms with van der Waals surface area (Å²) in [5, 5.41) is 0. The van der Waals surface area contributed by atoms with E-state index < -0.39 is 15.6 Å². The maximum absolute atomic E-state index is 12.7. The smallest absolute Gasteiger partial charge is 0.241 e. The summed E-state index contributed by atoms with van der Waals surface area (Å²) in [7, 11) is -3.76. The lowest BCUT2D eigenvalue weighted by atomic mass is 10.0. The van der Waals surface area contributed by atoms with Gasteiger partial charge in [0.1, 0.15) is 5.75 Å². The lowest BCUT2D eigenvalue weighted by Crippen LogP contribution is -2.50. The van der Waals surface area contributed by atoms with Gasteiger partial charge < -0.3 is 15.9 Å². The molecule has 0 aliphatic carbocycles. The van der Waals surface area contributed by atoms with Gasteiger partial charge in [-0.25, -0.2) is 8.42 Å². The quantitative estimate of drug-likeness (QED) is 0.396. The van der Waals surface area contributed by atoms with Crippen LogP contribution in [0.4, 0.5) is 0 Å². The molecule has 0 aliphatic rings. The van der Waals surface area contributed by atoms with Crippen LogP contribution in [0.25, 0.3) is 11.1 Å². The minimum absolute atomic E-state index is 0.108. The lowest BCUT2D eigenvalue weighted by molar-refractivity contribution is 0.242. The molecule has 0 aliphatic heterocycles. The van der Waals surface area contributed by atoms with Crippen LogP contribution in [0.2, 0.25) is 0 Å². The van der Waals surface area contributed by atoms with Gasteiger partial charge in [-0.3, -0.25) is 5.84 Å². The third-order valence-electron chi connectivity index (χ3n) is 4.11. The van der Waals surface area contributed by atoms with Crippen molar-refractivity contribution in [1.82, 2.24) is 10.1 Å². The fraction of sp³-hybridized carbons (Fsp3) is 0.300. The molecule has 2 aromatic rings. The number of hydrazine groups is 1. The normalized spacial score (nSPS) is 12.9. The fourth-order valence-corrected chi connectivity index (χ4v) is 4.11. The van der Waals surface area contributed by atoms with E-state index in [1.54, 1.807) is 38.1 Å². The minimum Gasteiger partial charge on any atom is -0.491 e. The van der Waals surface area contributed by atoms with Gasteiger partial charge in [-0.2, -0.15) is 4.72 Å². The first-order chi connectivity index (χ1) is 13.1. The summed E-state index contributed by atoms with van der Waals surface area (Å²) < 4.78 is 33.7. The van der Waals surface area contributed by atoms with Gasteiger partial charge in [-0.15, -0.1) is 0 Å². The molecular weight excluding hydrogens is 376 g/mol. The molecule has 0 unspecified atom stereocenters. The number of hydrogen-bond donors (Lipinski definition) is 4. The highest BCUT2D eigenvalue weighted by atomic mass is 32.2. The summed E-state index contributed by atoms with van der Waals surface area (Å²) in [6, 6.07) is 14.3. The average Bonchev–Trinajstić information content (AvgIpc) is 2.62. The van der Waals surface area contributed by atoms with Crippen molar-refractivity contribution < 1.29 is 13.2 Å². The summed E-state index contributed by atoms with van der Waals surface area (Å²) in [5.41, 5.74) is 9.15. The first-order valence-electron chi connectivity index (χ1n) is 8.89. The van der Waals surface area contributed by atoms with Crippen LogP contribution in [-0.2, 0) is 10.0 Å². The molecular formula is C20H28N4O3S. The zero-order valence-electron chi connectivity index (χ0n) is 16.6. The van der Waals surface area contributed by atoms with E-state index in [2.05, 4.69) is 10.1 Å². The molecule has 0 aromatic heterocycles. The number of ether oxygens (including phenoxy) is 1. The van der Waals surface area contributed by atoms with Crippen LogP contribution in [0.1, 0.15) is 27.7 Å². The maximum Gasteiger partial charge on any atom is 0.241 e. The van der Waals surface area contributed by atoms with E-state index in [0.29, 0.717) is 5.70 Å². The van der Waals surface area contributed by atoms with Gasteiger partial charge in [0.05, 0.1) is 22.2 Å². The summed E-state index contributed by atoms with van der Waals surface area (Å²) in [5.74, 6) is 6.20. The summed E-state index contributed by atoms with van der Waals surface area (Å²) in [6.07, 6.45) is 1.34. The van der Waals surface area contributed by atoms with Gasteiger partial charge in [0.2, 0.25) is 10.0 Å². The maximum atomic E-state index is 12.7. The molecule has 0 fully saturated rings. The van der Waals surface area contributed by atoms with Crippen LogP contribution < -0.4 is 26.5 Å². The van der Waals surface area contributed by atoms with E-state index in [0.717, 1.165) is 16.9 Å². The Morgan fingerprint density at radius 2 is 1.54 bits per heavy atom. The number of nitrogens with two attached hydrogens (primary N) is 2. The Balaban J connectivity index is 2.21. The molecule has 2 rings (SSSR count). The zero-order valence-corrected chi connectivity index (χ0v) is 17.4. The number of benzene rings is 2. The van der Waals surface area contributed by atoms with E-state index in [4.69, 9.17) is 16.3 Å². The summed E-state index contributed by atoms with van der Waals surface area (Å²) in [4.78, 5) is 0.150. The topological polar surface area (TPSA) is 119 Å². The molecule has 28 heavy (non-hydrogen) atoms. The predicted octanol–water partition coefficient (Wildman–Crippen LogP) is 2.46. The summed E-state index contributed by atoms with van der Waals surface area (Å²) >= 11 is 0. The van der Waals surface area contributed by atoms with Gasteiger partial charge >= 0.3 is 0 Å². The highest BCUT2D eigenvalue weighted by Gasteiger charge is 2.29. The number of hydrogen-bond acceptors (Lipinski definition) is 6. The Bertz CT molecular complexity index is 919. The largest absolute Gasteiger partial charge is 0.491 e. The predicted molar refractivity (Wildman–Crippen MR) is 112 cm³/mol. The summed E-state index contributed by atoms with van der Waals surface area (Å²) in [6.45, 7) is 7.27. The van der Waals surface area contributed by atoms with Gasteiger partial charge in [0, 0.05) is 6.20 Å². The van der Waals surface area contributed by atoms with Crippen molar-refractivity contribution in [2.75, 3.05) is 0 Å². The Labute approximate surface area is 166 Å². The van der Waals surface area contributed by atoms with Crippen LogP contribution in [0.5, 0.6) is 5.75 Å². The van der Waals surface area contributed by atoms with Crippen LogP contribution >= 0.6 is 0 Å². The molecule has 8 heteroatoms. The highest BCUT2D eigenvalue weighted by molar-refractivity contribution is 7.89. The van der Waals surface area contributed by atoms with Crippen molar-refractivity contribution in [2.45, 2.75) is 44.2 Å². The van der Waals surface area contributed by atoms with Gasteiger partial charge in [-0.1, -0.05) is 24.3 Å². The molecule has 7 nitrogen and oxygen atoms in total. The molecule has 0 atom stereocenters. The van der Waals surface area contributed by atoms with Crippen molar-refractivity contribution in [3.8, 4) is 16.9 Å². The molecule has 0 spiro atoms. The second kappa shape index (κ2) is 8.64. The van der Waals surface area contributed by atoms with Crippen molar-refractivity contribution >= 4 is 10.0 Å². The minimum atomic E-state index is -3.76. The fourth-order valence-electron chi connectivity index (χ4n) is 2.71. The standard InChI is InChI=1S/C20H28N4O3S/c1-14(2)27-17-9-5-15(6-10-17)16-7-11-18(12-8-16)28(25,26)24-20(3,4)19(13-21)23-22/h5-14,23-24H,21-22H2,1-4H3/b19-13-. The van der Waals surface area contributed by atoms with Crippen molar-refractivity contribution in [3.63, 3.8) is 0 Å². The van der Waals surface area contributed by atoms with Gasteiger partial charge in [0.15, 0.2) is 0 Å². The first kappa shape index (κ1) is 21.7. The Morgan fingerprint density at radius 1 is 1.04 bits per heavy atom. The molecule has 6 N–H and O–H groups in total. The third-order valence-corrected chi connectivity index (χ3v) is 5.78. The van der Waals surface area contributed by atoms with E-state index in [1.165, 1.54) is 6.20 Å². The second-order valence-corrected chi connectivity index (χ2v) is 8.85. The van der Waals surface area contributed by atoms with E-state index in [-0.39, 0.29) is 11.0 Å². The van der Waals surface area contributed by atoms with Crippen LogP contribution in [0.3, 0.4) is 0 Å². The SMILES string of the molecule is CC(C)Oc1ccc(-c2ccc(S(=O)(=O)NC(C)(C)/C(=C/N)NN)cc2)cc1. The second-order valence-electron chi connectivity index (χ2n) is 7.17. The highest BCUT2D eigenvalue weighted by Crippen LogP contribution is 2.25. The zero-order chi connectivity index (χ0) is 20.9. The number of sulfonamides is 1. The van der Waals surface area contributed by atoms with Crippen molar-refractivity contribution in [1.29, 1.82) is 0 Å². The monoisotopic (exact) mass is 404 g/mol. The molecule has 152 valence electrons. The Kier molecular flexibility index (Phi) is 6.71. The molecule has 0 heterocycles. The lowest BCUT2D eigenvalue weighted by Gasteiger charge is -2.28. The average molecular weight is 405 g/mol. The van der Waals surface area contributed by atoms with E-state index in [9.17, 15) is 8.42 Å². The number of nitrogens with one attached hydrogen (secondary N) is 2. The van der Waals surface area contributed by atoms with Crippen LogP contribution in [0, 0.1) is 0 Å². The van der Waals surface area contributed by atoms with Crippen molar-refractivity contribution in [3.05, 3.63) is 60.4 Å².